The molecule has 0 saturated heterocycles. The smallest absolute Gasteiger partial charge is 0.128 e. The second-order valence-corrected chi connectivity index (χ2v) is 27.2. The highest BCUT2D eigenvalue weighted by Gasteiger charge is 2.62. The Labute approximate surface area is 395 Å². The van der Waals surface area contributed by atoms with Gasteiger partial charge in [-0.05, 0) is 239 Å². The third-order valence-corrected chi connectivity index (χ3v) is 23.3. The minimum absolute atomic E-state index is 0.219. The van der Waals surface area contributed by atoms with Gasteiger partial charge < -0.3 is 9.47 Å². The molecule has 2 heteroatoms. The zero-order chi connectivity index (χ0) is 45.2. The molecule has 8 aliphatic rings. The van der Waals surface area contributed by atoms with E-state index in [1.165, 1.54) is 148 Å². The maximum Gasteiger partial charge on any atom is 0.128 e. The van der Waals surface area contributed by atoms with E-state index in [1.54, 1.807) is 0 Å². The van der Waals surface area contributed by atoms with Crippen molar-refractivity contribution in [2.24, 2.45) is 105 Å². The van der Waals surface area contributed by atoms with Crippen molar-refractivity contribution in [1.29, 1.82) is 0 Å². The Kier molecular flexibility index (Phi) is 14.0. The molecular formula is C62H98O2. The van der Waals surface area contributed by atoms with Crippen molar-refractivity contribution in [3.63, 3.8) is 0 Å². The Morgan fingerprint density at radius 2 is 1.05 bits per heavy atom. The lowest BCUT2D eigenvalue weighted by molar-refractivity contribution is -0.129. The van der Waals surface area contributed by atoms with Gasteiger partial charge in [0.2, 0.25) is 0 Å². The van der Waals surface area contributed by atoms with Gasteiger partial charge in [-0.1, -0.05) is 114 Å². The summed E-state index contributed by atoms with van der Waals surface area (Å²) in [5.74, 6) is 13.9. The van der Waals surface area contributed by atoms with Crippen LogP contribution in [-0.4, -0.2) is 12.2 Å². The molecular weight excluding hydrogens is 777 g/mol. The van der Waals surface area contributed by atoms with Crippen LogP contribution < -0.4 is 4.74 Å². The summed E-state index contributed by atoms with van der Waals surface area (Å²) in [7, 11) is 0. The summed E-state index contributed by atoms with van der Waals surface area (Å²) >= 11 is 0. The van der Waals surface area contributed by atoms with Crippen LogP contribution in [0.5, 0.6) is 5.75 Å². The number of benzene rings is 1. The molecule has 1 aromatic carbocycles. The third-order valence-electron chi connectivity index (χ3n) is 23.3. The highest BCUT2D eigenvalue weighted by Crippen LogP contribution is 2.70. The highest BCUT2D eigenvalue weighted by molar-refractivity contribution is 5.57. The van der Waals surface area contributed by atoms with E-state index in [1.807, 2.05) is 6.07 Å². The first-order valence-corrected chi connectivity index (χ1v) is 28.5. The Hall–Kier alpha value is -1.44. The molecule has 2 nitrogen and oxygen atoms in total. The standard InChI is InChI=1S/C62H98O2/c1-40(2)15-12-17-42(5)53-25-27-55-51-23-21-46-38-49(29-33-59(46,8)57(51)31-35-61(53,55)10)63-44(7)45-19-14-20-48(37-45)64-50-30-34-60(9)47(39-50)22-24-52-56-28-26-54(43(6)18-13-16-41(3)4)62(56,11)36-32-58(52)60/h7,14,19,37,40-43,46-47,49-58H,12-13,15-18,21-36,38-39H2,1-6,8-11H3/t42-,43-,46?,47?,49?,50?,51?,52?,53-,54-,55?,56?,57?,58?,59+,60+,61-,62-/m1/s1. The van der Waals surface area contributed by atoms with E-state index in [9.17, 15) is 0 Å². The molecule has 9 rings (SSSR count). The zero-order valence-corrected chi connectivity index (χ0v) is 43.3. The second-order valence-electron chi connectivity index (χ2n) is 27.2. The fourth-order valence-electron chi connectivity index (χ4n) is 19.8. The van der Waals surface area contributed by atoms with Crippen LogP contribution in [0.4, 0.5) is 0 Å². The molecule has 2 radical (unpaired) electrons. The Morgan fingerprint density at radius 1 is 0.578 bits per heavy atom. The third kappa shape index (κ3) is 8.76. The van der Waals surface area contributed by atoms with Crippen LogP contribution >= 0.6 is 0 Å². The van der Waals surface area contributed by atoms with Crippen molar-refractivity contribution in [2.75, 3.05) is 0 Å². The maximum atomic E-state index is 6.89. The van der Waals surface area contributed by atoms with Crippen LogP contribution in [0, 0.1) is 117 Å². The van der Waals surface area contributed by atoms with E-state index in [4.69, 9.17) is 16.1 Å². The van der Waals surface area contributed by atoms with E-state index in [2.05, 4.69) is 87.4 Å². The minimum atomic E-state index is 0.219. The molecule has 10 unspecified atom stereocenters. The molecule has 0 aliphatic heterocycles. The van der Waals surface area contributed by atoms with Crippen LogP contribution in [0.3, 0.4) is 0 Å². The highest BCUT2D eigenvalue weighted by atomic mass is 16.5. The first-order chi connectivity index (χ1) is 30.5. The molecule has 0 N–H and O–H groups in total. The molecule has 0 amide bonds. The topological polar surface area (TPSA) is 18.5 Å². The van der Waals surface area contributed by atoms with Crippen LogP contribution in [0.25, 0.3) is 5.76 Å². The van der Waals surface area contributed by atoms with Gasteiger partial charge in [0.05, 0.1) is 12.2 Å². The molecule has 1 aromatic rings. The number of hydrogen-bond donors (Lipinski definition) is 0. The summed E-state index contributed by atoms with van der Waals surface area (Å²) in [6.07, 6.45) is 33.9. The van der Waals surface area contributed by atoms with Gasteiger partial charge >= 0.3 is 0 Å². The molecule has 358 valence electrons. The number of ether oxygens (including phenoxy) is 2. The Bertz CT molecular complexity index is 1740. The van der Waals surface area contributed by atoms with Crippen LogP contribution in [-0.2, 0) is 4.74 Å². The summed E-state index contributed by atoms with van der Waals surface area (Å²) in [5.41, 5.74) is 3.05. The maximum absolute atomic E-state index is 6.89. The van der Waals surface area contributed by atoms with Gasteiger partial charge in [0.15, 0.2) is 0 Å². The Morgan fingerprint density at radius 3 is 1.56 bits per heavy atom. The predicted molar refractivity (Wildman–Crippen MR) is 268 cm³/mol. The monoisotopic (exact) mass is 875 g/mol. The van der Waals surface area contributed by atoms with Gasteiger partial charge in [-0.3, -0.25) is 0 Å². The van der Waals surface area contributed by atoms with Gasteiger partial charge in [-0.25, -0.2) is 0 Å². The summed E-state index contributed by atoms with van der Waals surface area (Å²) in [6.45, 7) is 32.6. The lowest BCUT2D eigenvalue weighted by atomic mass is 9.44. The first-order valence-electron chi connectivity index (χ1n) is 28.5. The van der Waals surface area contributed by atoms with Crippen molar-refractivity contribution in [3.8, 4) is 5.75 Å². The molecule has 8 fully saturated rings. The van der Waals surface area contributed by atoms with Gasteiger partial charge in [-0.15, -0.1) is 0 Å². The van der Waals surface area contributed by atoms with E-state index < -0.39 is 0 Å². The van der Waals surface area contributed by atoms with E-state index >= 15 is 0 Å². The fourth-order valence-corrected chi connectivity index (χ4v) is 19.8. The van der Waals surface area contributed by atoms with Crippen LogP contribution in [0.15, 0.2) is 18.2 Å². The normalized spacial score (nSPS) is 44.8. The summed E-state index contributed by atoms with van der Waals surface area (Å²) in [4.78, 5) is 0. The summed E-state index contributed by atoms with van der Waals surface area (Å²) in [5, 5.41) is 0. The lowest BCUT2D eigenvalue weighted by Crippen LogP contribution is -2.54. The number of rotatable bonds is 15. The van der Waals surface area contributed by atoms with Gasteiger partial charge in [0.25, 0.3) is 0 Å². The molecule has 0 heterocycles. The molecule has 8 saturated carbocycles. The van der Waals surface area contributed by atoms with Crippen molar-refractivity contribution in [1.82, 2.24) is 0 Å². The Balaban J connectivity index is 0.761. The van der Waals surface area contributed by atoms with E-state index in [0.717, 1.165) is 101 Å². The van der Waals surface area contributed by atoms with Gasteiger partial charge in [0, 0.05) is 11.6 Å². The van der Waals surface area contributed by atoms with Crippen molar-refractivity contribution >= 4 is 5.76 Å². The van der Waals surface area contributed by atoms with E-state index in [0.29, 0.717) is 27.4 Å². The summed E-state index contributed by atoms with van der Waals surface area (Å²) in [6, 6.07) is 9.72. The SMILES string of the molecule is [CH]=C(OC1CC[C@@]2(C)C(CCC3C2CC[C@@]2(C)C3CC[C@@H]2[C@H](C)CCCC(C)C)C1)c1cc[c]c(OC2CC[C@@]3(C)C(CCC4C3CC[C@@]3(C)C4CC[C@@H]3[C@H](C)CCCC(C)C)C2)c1. The van der Waals surface area contributed by atoms with Crippen LogP contribution in [0.1, 0.15) is 229 Å². The largest absolute Gasteiger partial charge is 0.490 e. The van der Waals surface area contributed by atoms with Crippen molar-refractivity contribution < 1.29 is 9.47 Å². The van der Waals surface area contributed by atoms with Gasteiger partial charge in [-0.2, -0.15) is 0 Å². The summed E-state index contributed by atoms with van der Waals surface area (Å²) < 4.78 is 13.6. The molecule has 18 atom stereocenters. The number of fused-ring (bicyclic) bond motifs is 10. The lowest BCUT2D eigenvalue weighted by Gasteiger charge is -2.61. The molecule has 8 aliphatic carbocycles. The molecule has 0 bridgehead atoms. The number of hydrogen-bond acceptors (Lipinski definition) is 2. The van der Waals surface area contributed by atoms with E-state index in [-0.39, 0.29) is 12.2 Å². The molecule has 64 heavy (non-hydrogen) atoms. The van der Waals surface area contributed by atoms with Crippen molar-refractivity contribution in [3.05, 3.63) is 36.4 Å². The van der Waals surface area contributed by atoms with Gasteiger partial charge in [0.1, 0.15) is 11.5 Å². The average Bonchev–Trinajstić information content (AvgIpc) is 3.80. The predicted octanol–water partition coefficient (Wildman–Crippen LogP) is 17.6. The average molecular weight is 875 g/mol. The zero-order valence-electron chi connectivity index (χ0n) is 43.3. The van der Waals surface area contributed by atoms with Crippen molar-refractivity contribution in [2.45, 2.75) is 236 Å². The fraction of sp³-hybridized carbons (Fsp3) is 0.871. The first kappa shape index (κ1) is 47.6. The minimum Gasteiger partial charge on any atom is -0.490 e. The quantitative estimate of drug-likeness (QED) is 0.164. The molecule has 0 aromatic heterocycles. The van der Waals surface area contributed by atoms with Crippen LogP contribution in [0.2, 0.25) is 0 Å². The second kappa shape index (κ2) is 18.8. The molecule has 0 spiro atoms.